The lowest BCUT2D eigenvalue weighted by Gasteiger charge is -2.29. The highest BCUT2D eigenvalue weighted by Gasteiger charge is 2.44. The molecule has 1 aliphatic rings. The predicted octanol–water partition coefficient (Wildman–Crippen LogP) is 2.26. The molecule has 0 aromatic heterocycles. The largest absolute Gasteiger partial charge is 0.481 e. The van der Waals surface area contributed by atoms with Crippen LogP contribution in [0, 0.1) is 12.3 Å². The quantitative estimate of drug-likeness (QED) is 0.905. The first-order valence-electron chi connectivity index (χ1n) is 7.04. The van der Waals surface area contributed by atoms with Crippen LogP contribution in [0.1, 0.15) is 31.2 Å². The Kier molecular flexibility index (Phi) is 4.39. The van der Waals surface area contributed by atoms with Crippen LogP contribution in [0.3, 0.4) is 0 Å². The number of carbonyl (C=O) groups is 1. The van der Waals surface area contributed by atoms with Gasteiger partial charge >= 0.3 is 5.97 Å². The van der Waals surface area contributed by atoms with Gasteiger partial charge in [0.2, 0.25) is 10.0 Å². The first kappa shape index (κ1) is 16.0. The van der Waals surface area contributed by atoms with Gasteiger partial charge in [-0.05, 0) is 31.9 Å². The van der Waals surface area contributed by atoms with Crippen molar-refractivity contribution in [1.82, 2.24) is 4.31 Å². The molecule has 0 atom stereocenters. The molecule has 2 rings (SSSR count). The van der Waals surface area contributed by atoms with E-state index in [0.29, 0.717) is 12.8 Å². The van der Waals surface area contributed by atoms with Gasteiger partial charge in [0.15, 0.2) is 0 Å². The highest BCUT2D eigenvalue weighted by molar-refractivity contribution is 7.89. The molecule has 0 aliphatic heterocycles. The van der Waals surface area contributed by atoms with Crippen LogP contribution in [0.4, 0.5) is 0 Å². The van der Waals surface area contributed by atoms with Crippen molar-refractivity contribution in [2.45, 2.75) is 37.5 Å². The molecule has 0 radical (unpaired) electrons. The highest BCUT2D eigenvalue weighted by atomic mass is 32.2. The average Bonchev–Trinajstić information content (AvgIpc) is 2.89. The van der Waals surface area contributed by atoms with E-state index in [1.807, 2.05) is 6.92 Å². The molecule has 0 heterocycles. The smallest absolute Gasteiger partial charge is 0.310 e. The van der Waals surface area contributed by atoms with Gasteiger partial charge in [-0.15, -0.1) is 0 Å². The number of rotatable bonds is 5. The molecule has 0 spiro atoms. The molecule has 0 bridgehead atoms. The Morgan fingerprint density at radius 1 is 1.24 bits per heavy atom. The van der Waals surface area contributed by atoms with Gasteiger partial charge in [-0.25, -0.2) is 8.42 Å². The van der Waals surface area contributed by atoms with Gasteiger partial charge in [0, 0.05) is 13.6 Å². The van der Waals surface area contributed by atoms with Crippen LogP contribution in [-0.4, -0.2) is 37.4 Å². The monoisotopic (exact) mass is 311 g/mol. The number of sulfonamides is 1. The third-order valence-corrected chi connectivity index (χ3v) is 6.09. The normalized spacial score (nSPS) is 18.0. The van der Waals surface area contributed by atoms with Gasteiger partial charge in [0.1, 0.15) is 0 Å². The number of aryl methyl sites for hydroxylation is 1. The van der Waals surface area contributed by atoms with Crippen LogP contribution in [0.2, 0.25) is 0 Å². The van der Waals surface area contributed by atoms with Crippen LogP contribution < -0.4 is 0 Å². The topological polar surface area (TPSA) is 74.7 Å². The second-order valence-electron chi connectivity index (χ2n) is 5.87. The van der Waals surface area contributed by atoms with E-state index >= 15 is 0 Å². The van der Waals surface area contributed by atoms with Gasteiger partial charge < -0.3 is 5.11 Å². The van der Waals surface area contributed by atoms with Crippen LogP contribution in [0.15, 0.2) is 29.2 Å². The number of aliphatic carboxylic acids is 1. The zero-order chi connectivity index (χ0) is 15.7. The lowest BCUT2D eigenvalue weighted by atomic mass is 9.86. The van der Waals surface area contributed by atoms with E-state index in [9.17, 15) is 18.3 Å². The molecule has 1 saturated carbocycles. The molecule has 1 N–H and O–H groups in total. The molecule has 1 fully saturated rings. The van der Waals surface area contributed by atoms with Crippen LogP contribution in [0.5, 0.6) is 0 Å². The molecule has 1 aromatic rings. The Hall–Kier alpha value is -1.40. The molecule has 6 heteroatoms. The summed E-state index contributed by atoms with van der Waals surface area (Å²) in [5, 5.41) is 9.46. The molecule has 1 aliphatic carbocycles. The van der Waals surface area contributed by atoms with Crippen LogP contribution in [-0.2, 0) is 14.8 Å². The first-order valence-corrected chi connectivity index (χ1v) is 8.48. The maximum atomic E-state index is 12.5. The number of carboxylic acid groups (broad SMARTS) is 1. The summed E-state index contributed by atoms with van der Waals surface area (Å²) in [6.07, 6.45) is 2.75. The van der Waals surface area contributed by atoms with Crippen LogP contribution >= 0.6 is 0 Å². The molecular weight excluding hydrogens is 290 g/mol. The lowest BCUT2D eigenvalue weighted by Crippen LogP contribution is -2.42. The Labute approximate surface area is 125 Å². The number of carboxylic acids is 1. The van der Waals surface area contributed by atoms with Crippen molar-refractivity contribution in [1.29, 1.82) is 0 Å². The van der Waals surface area contributed by atoms with E-state index in [0.717, 1.165) is 18.4 Å². The maximum absolute atomic E-state index is 12.5. The van der Waals surface area contributed by atoms with E-state index in [4.69, 9.17) is 0 Å². The molecule has 116 valence electrons. The molecule has 5 nitrogen and oxygen atoms in total. The maximum Gasteiger partial charge on any atom is 0.310 e. The Bertz CT molecular complexity index is 616. The van der Waals surface area contributed by atoms with Gasteiger partial charge in [-0.3, -0.25) is 4.79 Å². The van der Waals surface area contributed by atoms with Crippen molar-refractivity contribution in [3.63, 3.8) is 0 Å². The summed E-state index contributed by atoms with van der Waals surface area (Å²) in [5.74, 6) is -0.897. The molecule has 0 amide bonds. The second kappa shape index (κ2) is 5.77. The van der Waals surface area contributed by atoms with E-state index in [2.05, 4.69) is 0 Å². The van der Waals surface area contributed by atoms with E-state index in [-0.39, 0.29) is 11.4 Å². The van der Waals surface area contributed by atoms with E-state index in [1.165, 1.54) is 11.4 Å². The first-order chi connectivity index (χ1) is 9.78. The lowest BCUT2D eigenvalue weighted by molar-refractivity contribution is -0.149. The fourth-order valence-electron chi connectivity index (χ4n) is 2.89. The summed E-state index contributed by atoms with van der Waals surface area (Å²) >= 11 is 0. The molecule has 21 heavy (non-hydrogen) atoms. The predicted molar refractivity (Wildman–Crippen MR) is 79.5 cm³/mol. The number of nitrogens with zero attached hydrogens (tertiary/aromatic N) is 1. The third-order valence-electron chi connectivity index (χ3n) is 4.27. The molecule has 0 saturated heterocycles. The standard InChI is InChI=1S/C15H21NO4S/c1-12-5-7-13(8-6-12)21(19,20)16(2)11-15(14(17)18)9-3-4-10-15/h5-8H,3-4,9-11H2,1-2H3,(H,17,18). The van der Waals surface area contributed by atoms with Gasteiger partial charge in [0.05, 0.1) is 10.3 Å². The van der Waals surface area contributed by atoms with E-state index < -0.39 is 21.4 Å². The highest BCUT2D eigenvalue weighted by Crippen LogP contribution is 2.39. The number of hydrogen-bond donors (Lipinski definition) is 1. The Balaban J connectivity index is 2.24. The number of benzene rings is 1. The van der Waals surface area contributed by atoms with E-state index in [1.54, 1.807) is 24.3 Å². The minimum absolute atomic E-state index is 0.0263. The van der Waals surface area contributed by atoms with Crippen molar-refractivity contribution in [2.75, 3.05) is 13.6 Å². The molecule has 1 aromatic carbocycles. The van der Waals surface area contributed by atoms with Crippen LogP contribution in [0.25, 0.3) is 0 Å². The fourth-order valence-corrected chi connectivity index (χ4v) is 4.15. The minimum Gasteiger partial charge on any atom is -0.481 e. The fraction of sp³-hybridized carbons (Fsp3) is 0.533. The Morgan fingerprint density at radius 2 is 1.76 bits per heavy atom. The van der Waals surface area contributed by atoms with Gasteiger partial charge in [-0.2, -0.15) is 4.31 Å². The van der Waals surface area contributed by atoms with Crippen molar-refractivity contribution in [3.8, 4) is 0 Å². The average molecular weight is 311 g/mol. The summed E-state index contributed by atoms with van der Waals surface area (Å²) in [5.41, 5.74) is 0.0429. The van der Waals surface area contributed by atoms with Gasteiger partial charge in [0.25, 0.3) is 0 Å². The summed E-state index contributed by atoms with van der Waals surface area (Å²) in [6, 6.07) is 6.60. The SMILES string of the molecule is Cc1ccc(S(=O)(=O)N(C)CC2(C(=O)O)CCCC2)cc1. The number of hydrogen-bond acceptors (Lipinski definition) is 3. The second-order valence-corrected chi connectivity index (χ2v) is 7.91. The summed E-state index contributed by atoms with van der Waals surface area (Å²) in [4.78, 5) is 11.7. The van der Waals surface area contributed by atoms with Crippen molar-refractivity contribution >= 4 is 16.0 Å². The Morgan fingerprint density at radius 3 is 2.24 bits per heavy atom. The summed E-state index contributed by atoms with van der Waals surface area (Å²) in [6.45, 7) is 1.91. The molecule has 0 unspecified atom stereocenters. The van der Waals surface area contributed by atoms with Crippen molar-refractivity contribution < 1.29 is 18.3 Å². The minimum atomic E-state index is -3.64. The zero-order valence-corrected chi connectivity index (χ0v) is 13.2. The van der Waals surface area contributed by atoms with Crippen molar-refractivity contribution in [2.24, 2.45) is 5.41 Å². The summed E-state index contributed by atoms with van der Waals surface area (Å²) < 4.78 is 26.2. The molecular formula is C15H21NO4S. The summed E-state index contributed by atoms with van der Waals surface area (Å²) in [7, 11) is -2.19. The van der Waals surface area contributed by atoms with Crippen molar-refractivity contribution in [3.05, 3.63) is 29.8 Å². The van der Waals surface area contributed by atoms with Gasteiger partial charge in [-0.1, -0.05) is 30.5 Å². The third kappa shape index (κ3) is 3.11. The zero-order valence-electron chi connectivity index (χ0n) is 12.4.